The first-order valence-corrected chi connectivity index (χ1v) is 6.99. The maximum Gasteiger partial charge on any atom is 0.0401 e. The van der Waals surface area contributed by atoms with E-state index in [0.29, 0.717) is 0 Å². The van der Waals surface area contributed by atoms with Crippen LogP contribution in [-0.4, -0.2) is 18.6 Å². The molecule has 18 heavy (non-hydrogen) atoms. The lowest BCUT2D eigenvalue weighted by Gasteiger charge is -2.38. The van der Waals surface area contributed by atoms with E-state index in [2.05, 4.69) is 63.9 Å². The molecular formula is C16H28N2. The van der Waals surface area contributed by atoms with E-state index in [1.165, 1.54) is 11.3 Å². The number of benzene rings is 1. The molecule has 1 aromatic carbocycles. The smallest absolute Gasteiger partial charge is 0.0401 e. The number of hydrogen-bond donors (Lipinski definition) is 1. The van der Waals surface area contributed by atoms with Crippen LogP contribution in [0.4, 0.5) is 5.69 Å². The summed E-state index contributed by atoms with van der Waals surface area (Å²) in [5.41, 5.74) is 8.94. The Bertz CT molecular complexity index is 371. The SMILES string of the molecule is CCC(N)Cc1ccccc1N(C)C(C)(C)CC. The summed E-state index contributed by atoms with van der Waals surface area (Å²) >= 11 is 0. The fourth-order valence-electron chi connectivity index (χ4n) is 2.00. The summed E-state index contributed by atoms with van der Waals surface area (Å²) in [4.78, 5) is 2.38. The molecule has 0 aromatic heterocycles. The summed E-state index contributed by atoms with van der Waals surface area (Å²) in [6.07, 6.45) is 3.10. The summed E-state index contributed by atoms with van der Waals surface area (Å²) in [7, 11) is 2.18. The molecular weight excluding hydrogens is 220 g/mol. The number of rotatable bonds is 6. The molecule has 0 amide bonds. The van der Waals surface area contributed by atoms with Gasteiger partial charge in [-0.3, -0.25) is 0 Å². The zero-order chi connectivity index (χ0) is 13.8. The summed E-state index contributed by atoms with van der Waals surface area (Å²) in [5.74, 6) is 0. The Morgan fingerprint density at radius 1 is 1.22 bits per heavy atom. The molecule has 1 atom stereocenters. The molecule has 0 aliphatic carbocycles. The minimum Gasteiger partial charge on any atom is -0.369 e. The normalized spacial score (nSPS) is 13.4. The Balaban J connectivity index is 3.01. The van der Waals surface area contributed by atoms with Crippen molar-refractivity contribution in [3.05, 3.63) is 29.8 Å². The average Bonchev–Trinajstić information content (AvgIpc) is 2.38. The van der Waals surface area contributed by atoms with Crippen LogP contribution in [-0.2, 0) is 6.42 Å². The third kappa shape index (κ3) is 3.49. The zero-order valence-electron chi connectivity index (χ0n) is 12.5. The van der Waals surface area contributed by atoms with Gasteiger partial charge < -0.3 is 10.6 Å². The average molecular weight is 248 g/mol. The third-order valence-corrected chi connectivity index (χ3v) is 4.13. The van der Waals surface area contributed by atoms with Crippen molar-refractivity contribution in [3.8, 4) is 0 Å². The van der Waals surface area contributed by atoms with Crippen molar-refractivity contribution in [2.75, 3.05) is 11.9 Å². The Morgan fingerprint density at radius 2 is 1.83 bits per heavy atom. The monoisotopic (exact) mass is 248 g/mol. The highest BCUT2D eigenvalue weighted by Crippen LogP contribution is 2.28. The van der Waals surface area contributed by atoms with E-state index in [1.807, 2.05) is 0 Å². The Kier molecular flexibility index (Phi) is 5.21. The zero-order valence-corrected chi connectivity index (χ0v) is 12.5. The summed E-state index contributed by atoms with van der Waals surface area (Å²) < 4.78 is 0. The van der Waals surface area contributed by atoms with Gasteiger partial charge in [0.2, 0.25) is 0 Å². The number of para-hydroxylation sites is 1. The van der Waals surface area contributed by atoms with Crippen molar-refractivity contribution in [2.45, 2.75) is 58.5 Å². The van der Waals surface area contributed by atoms with Gasteiger partial charge in [0.15, 0.2) is 0 Å². The van der Waals surface area contributed by atoms with E-state index >= 15 is 0 Å². The van der Waals surface area contributed by atoms with E-state index in [4.69, 9.17) is 5.73 Å². The van der Waals surface area contributed by atoms with Gasteiger partial charge in [0.05, 0.1) is 0 Å². The molecule has 1 unspecified atom stereocenters. The lowest BCUT2D eigenvalue weighted by molar-refractivity contribution is 0.469. The lowest BCUT2D eigenvalue weighted by Crippen LogP contribution is -2.41. The van der Waals surface area contributed by atoms with Crippen molar-refractivity contribution >= 4 is 5.69 Å². The van der Waals surface area contributed by atoms with E-state index in [-0.39, 0.29) is 11.6 Å². The molecule has 0 fully saturated rings. The summed E-state index contributed by atoms with van der Waals surface area (Å²) in [6.45, 7) is 8.94. The second kappa shape index (κ2) is 6.24. The third-order valence-electron chi connectivity index (χ3n) is 4.13. The molecule has 0 aliphatic rings. The van der Waals surface area contributed by atoms with Crippen LogP contribution in [0.5, 0.6) is 0 Å². The Labute approximate surface area is 112 Å². The number of anilines is 1. The van der Waals surface area contributed by atoms with Crippen LogP contribution >= 0.6 is 0 Å². The highest BCUT2D eigenvalue weighted by molar-refractivity contribution is 5.55. The quantitative estimate of drug-likeness (QED) is 0.833. The first kappa shape index (κ1) is 15.0. The van der Waals surface area contributed by atoms with Crippen LogP contribution in [0.3, 0.4) is 0 Å². The number of nitrogens with zero attached hydrogens (tertiary/aromatic N) is 1. The largest absolute Gasteiger partial charge is 0.369 e. The van der Waals surface area contributed by atoms with Gasteiger partial charge in [-0.05, 0) is 44.7 Å². The van der Waals surface area contributed by atoms with Gasteiger partial charge >= 0.3 is 0 Å². The summed E-state index contributed by atoms with van der Waals surface area (Å²) in [5, 5.41) is 0. The number of nitrogens with two attached hydrogens (primary N) is 1. The van der Waals surface area contributed by atoms with Crippen molar-refractivity contribution in [3.63, 3.8) is 0 Å². The molecule has 0 saturated heterocycles. The van der Waals surface area contributed by atoms with Crippen LogP contribution in [0.15, 0.2) is 24.3 Å². The van der Waals surface area contributed by atoms with Gasteiger partial charge in [-0.15, -0.1) is 0 Å². The fraction of sp³-hybridized carbons (Fsp3) is 0.625. The molecule has 0 radical (unpaired) electrons. The second-order valence-electron chi connectivity index (χ2n) is 5.73. The molecule has 2 N–H and O–H groups in total. The molecule has 0 spiro atoms. The van der Waals surface area contributed by atoms with Gasteiger partial charge in [0, 0.05) is 24.3 Å². The van der Waals surface area contributed by atoms with E-state index < -0.39 is 0 Å². The van der Waals surface area contributed by atoms with Crippen LogP contribution in [0.25, 0.3) is 0 Å². The van der Waals surface area contributed by atoms with Crippen molar-refractivity contribution in [1.29, 1.82) is 0 Å². The van der Waals surface area contributed by atoms with E-state index in [1.54, 1.807) is 0 Å². The second-order valence-corrected chi connectivity index (χ2v) is 5.73. The maximum absolute atomic E-state index is 6.10. The van der Waals surface area contributed by atoms with E-state index in [9.17, 15) is 0 Å². The fourth-order valence-corrected chi connectivity index (χ4v) is 2.00. The van der Waals surface area contributed by atoms with Crippen LogP contribution in [0.1, 0.15) is 46.1 Å². The van der Waals surface area contributed by atoms with Crippen LogP contribution < -0.4 is 10.6 Å². The summed E-state index contributed by atoms with van der Waals surface area (Å²) in [6, 6.07) is 8.87. The van der Waals surface area contributed by atoms with E-state index in [0.717, 1.165) is 19.3 Å². The minimum absolute atomic E-state index is 0.173. The predicted octanol–water partition coefficient (Wildman–Crippen LogP) is 3.59. The van der Waals surface area contributed by atoms with Crippen molar-refractivity contribution in [2.24, 2.45) is 5.73 Å². The highest BCUT2D eigenvalue weighted by atomic mass is 15.2. The van der Waals surface area contributed by atoms with Crippen molar-refractivity contribution in [1.82, 2.24) is 0 Å². The van der Waals surface area contributed by atoms with Gasteiger partial charge in [-0.1, -0.05) is 32.0 Å². The Morgan fingerprint density at radius 3 is 2.39 bits per heavy atom. The minimum atomic E-state index is 0.173. The molecule has 1 rings (SSSR count). The van der Waals surface area contributed by atoms with Gasteiger partial charge in [-0.25, -0.2) is 0 Å². The standard InChI is InChI=1S/C16H28N2/c1-6-14(17)12-13-10-8-9-11-15(13)18(5)16(3,4)7-2/h8-11,14H,6-7,12,17H2,1-5H3. The van der Waals surface area contributed by atoms with Crippen LogP contribution in [0, 0.1) is 0 Å². The van der Waals surface area contributed by atoms with Gasteiger partial charge in [-0.2, -0.15) is 0 Å². The van der Waals surface area contributed by atoms with Gasteiger partial charge in [0.1, 0.15) is 0 Å². The molecule has 0 bridgehead atoms. The first-order chi connectivity index (χ1) is 8.42. The predicted molar refractivity (Wildman–Crippen MR) is 81.2 cm³/mol. The first-order valence-electron chi connectivity index (χ1n) is 6.99. The molecule has 102 valence electrons. The maximum atomic E-state index is 6.10. The van der Waals surface area contributed by atoms with Crippen molar-refractivity contribution < 1.29 is 0 Å². The number of hydrogen-bond acceptors (Lipinski definition) is 2. The molecule has 0 aliphatic heterocycles. The molecule has 0 saturated carbocycles. The van der Waals surface area contributed by atoms with Gasteiger partial charge in [0.25, 0.3) is 0 Å². The highest BCUT2D eigenvalue weighted by Gasteiger charge is 2.23. The molecule has 1 aromatic rings. The lowest BCUT2D eigenvalue weighted by atomic mass is 9.96. The molecule has 0 heterocycles. The topological polar surface area (TPSA) is 29.3 Å². The Hall–Kier alpha value is -1.02. The van der Waals surface area contributed by atoms with Crippen LogP contribution in [0.2, 0.25) is 0 Å². The molecule has 2 heteroatoms. The molecule has 2 nitrogen and oxygen atoms in total.